The minimum absolute atomic E-state index is 0.157. The van der Waals surface area contributed by atoms with Gasteiger partial charge in [-0.05, 0) is 49.8 Å². The second-order valence-electron chi connectivity index (χ2n) is 6.30. The summed E-state index contributed by atoms with van der Waals surface area (Å²) >= 11 is 0. The van der Waals surface area contributed by atoms with Crippen LogP contribution in [0.1, 0.15) is 31.2 Å². The van der Waals surface area contributed by atoms with Crippen LogP contribution >= 0.6 is 0 Å². The largest absolute Gasteiger partial charge is 0.314 e. The molecule has 3 aliphatic rings. The standard InChI is InChI=1S/C15H19NO2S/c17-19(18)8-7-15(13-3-1-2-4-14(13)19)9-11(15)10-16-12-5-6-12/h1-4,11-12,16H,5-10H2. The van der Waals surface area contributed by atoms with E-state index in [2.05, 4.69) is 5.32 Å². The van der Waals surface area contributed by atoms with Crippen molar-refractivity contribution < 1.29 is 8.42 Å². The third-order valence-corrected chi connectivity index (χ3v) is 6.81. The lowest BCUT2D eigenvalue weighted by atomic mass is 9.90. The van der Waals surface area contributed by atoms with Crippen molar-refractivity contribution in [3.05, 3.63) is 29.8 Å². The number of hydrogen-bond donors (Lipinski definition) is 1. The number of benzene rings is 1. The summed E-state index contributed by atoms with van der Waals surface area (Å²) < 4.78 is 24.3. The van der Waals surface area contributed by atoms with E-state index in [0.29, 0.717) is 16.6 Å². The van der Waals surface area contributed by atoms with Crippen LogP contribution in [0.25, 0.3) is 0 Å². The molecule has 0 radical (unpaired) electrons. The van der Waals surface area contributed by atoms with Gasteiger partial charge in [0.15, 0.2) is 9.84 Å². The Labute approximate surface area is 114 Å². The van der Waals surface area contributed by atoms with E-state index in [1.54, 1.807) is 6.07 Å². The molecule has 4 heteroatoms. The highest BCUT2D eigenvalue weighted by atomic mass is 32.2. The van der Waals surface area contributed by atoms with Crippen molar-refractivity contribution in [3.63, 3.8) is 0 Å². The van der Waals surface area contributed by atoms with Gasteiger partial charge >= 0.3 is 0 Å². The van der Waals surface area contributed by atoms with E-state index in [-0.39, 0.29) is 5.41 Å². The first-order valence-corrected chi connectivity index (χ1v) is 8.83. The fourth-order valence-corrected chi connectivity index (χ4v) is 5.34. The summed E-state index contributed by atoms with van der Waals surface area (Å²) in [5.74, 6) is 0.953. The Kier molecular flexibility index (Phi) is 2.40. The van der Waals surface area contributed by atoms with Crippen LogP contribution in [0.5, 0.6) is 0 Å². The molecule has 1 N–H and O–H groups in total. The van der Waals surface area contributed by atoms with E-state index < -0.39 is 9.84 Å². The zero-order valence-electron chi connectivity index (χ0n) is 10.9. The van der Waals surface area contributed by atoms with Crippen LogP contribution in [0.2, 0.25) is 0 Å². The quantitative estimate of drug-likeness (QED) is 0.917. The lowest BCUT2D eigenvalue weighted by Gasteiger charge is -2.26. The fraction of sp³-hybridized carbons (Fsp3) is 0.600. The number of rotatable bonds is 3. The van der Waals surface area contributed by atoms with Crippen molar-refractivity contribution in [2.75, 3.05) is 12.3 Å². The molecule has 2 fully saturated rings. The molecule has 1 aromatic carbocycles. The maximum Gasteiger partial charge on any atom is 0.178 e. The predicted molar refractivity (Wildman–Crippen MR) is 73.9 cm³/mol. The number of nitrogens with one attached hydrogen (secondary N) is 1. The van der Waals surface area contributed by atoms with Crippen LogP contribution in [0.3, 0.4) is 0 Å². The van der Waals surface area contributed by atoms with Gasteiger partial charge in [0, 0.05) is 11.5 Å². The molecule has 1 heterocycles. The van der Waals surface area contributed by atoms with Crippen LogP contribution in [-0.4, -0.2) is 26.8 Å². The maximum atomic E-state index is 12.2. The number of hydrogen-bond acceptors (Lipinski definition) is 3. The normalized spacial score (nSPS) is 35.1. The molecule has 19 heavy (non-hydrogen) atoms. The predicted octanol–water partition coefficient (Wildman–Crippen LogP) is 1.87. The van der Waals surface area contributed by atoms with E-state index in [4.69, 9.17) is 0 Å². The minimum atomic E-state index is -3.04. The Balaban J connectivity index is 1.64. The third-order valence-electron chi connectivity index (χ3n) is 5.04. The molecule has 102 valence electrons. The molecule has 1 spiro atoms. The summed E-state index contributed by atoms with van der Waals surface area (Å²) in [6.45, 7) is 1.05. The summed E-state index contributed by atoms with van der Waals surface area (Å²) in [6.07, 6.45) is 4.58. The number of fused-ring (bicyclic) bond motifs is 2. The molecule has 2 unspecified atom stereocenters. The molecule has 4 rings (SSSR count). The highest BCUT2D eigenvalue weighted by Crippen LogP contribution is 2.60. The van der Waals surface area contributed by atoms with Crippen molar-refractivity contribution in [1.82, 2.24) is 5.32 Å². The number of sulfone groups is 1. The summed E-state index contributed by atoms with van der Waals surface area (Å²) in [4.78, 5) is 0.593. The molecule has 2 atom stereocenters. The molecule has 0 bridgehead atoms. The van der Waals surface area contributed by atoms with Crippen LogP contribution in [-0.2, 0) is 15.3 Å². The van der Waals surface area contributed by atoms with Gasteiger partial charge in [0.2, 0.25) is 0 Å². The van der Waals surface area contributed by atoms with Crippen molar-refractivity contribution in [3.8, 4) is 0 Å². The van der Waals surface area contributed by atoms with Crippen molar-refractivity contribution >= 4 is 9.84 Å². The Bertz CT molecular complexity index is 621. The average Bonchev–Trinajstić information content (AvgIpc) is 3.29. The van der Waals surface area contributed by atoms with Gasteiger partial charge in [-0.2, -0.15) is 0 Å². The fourth-order valence-electron chi connectivity index (χ4n) is 3.59. The Hall–Kier alpha value is -0.870. The monoisotopic (exact) mass is 277 g/mol. The van der Waals surface area contributed by atoms with Crippen molar-refractivity contribution in [2.45, 2.75) is 42.0 Å². The Morgan fingerprint density at radius 1 is 1.26 bits per heavy atom. The topological polar surface area (TPSA) is 46.2 Å². The van der Waals surface area contributed by atoms with E-state index in [9.17, 15) is 8.42 Å². The Morgan fingerprint density at radius 2 is 2.05 bits per heavy atom. The van der Waals surface area contributed by atoms with Gasteiger partial charge in [-0.25, -0.2) is 8.42 Å². The molecule has 2 aliphatic carbocycles. The molecular formula is C15H19NO2S. The van der Waals surface area contributed by atoms with E-state index in [1.165, 1.54) is 12.8 Å². The zero-order chi connectivity index (χ0) is 13.1. The Morgan fingerprint density at radius 3 is 2.84 bits per heavy atom. The van der Waals surface area contributed by atoms with Crippen LogP contribution in [0.4, 0.5) is 0 Å². The average molecular weight is 277 g/mol. The molecular weight excluding hydrogens is 258 g/mol. The van der Waals surface area contributed by atoms with E-state index in [0.717, 1.165) is 31.0 Å². The highest BCUT2D eigenvalue weighted by Gasteiger charge is 2.58. The lowest BCUT2D eigenvalue weighted by Crippen LogP contribution is -2.29. The molecule has 0 saturated heterocycles. The first-order valence-electron chi connectivity index (χ1n) is 7.17. The van der Waals surface area contributed by atoms with Crippen LogP contribution in [0.15, 0.2) is 29.2 Å². The first kappa shape index (κ1) is 11.9. The minimum Gasteiger partial charge on any atom is -0.314 e. The molecule has 1 aromatic rings. The SMILES string of the molecule is O=S1(=O)CCC2(CC2CNC2CC2)c2ccccc21. The van der Waals surface area contributed by atoms with Crippen LogP contribution in [0, 0.1) is 5.92 Å². The van der Waals surface area contributed by atoms with E-state index in [1.807, 2.05) is 18.2 Å². The molecule has 0 amide bonds. The summed E-state index contributed by atoms with van der Waals surface area (Å²) in [7, 11) is -3.04. The van der Waals surface area contributed by atoms with Crippen molar-refractivity contribution in [1.29, 1.82) is 0 Å². The van der Waals surface area contributed by atoms with Gasteiger partial charge in [0.05, 0.1) is 10.6 Å². The van der Waals surface area contributed by atoms with Crippen LogP contribution < -0.4 is 5.32 Å². The zero-order valence-corrected chi connectivity index (χ0v) is 11.7. The van der Waals surface area contributed by atoms with Gasteiger partial charge in [-0.15, -0.1) is 0 Å². The van der Waals surface area contributed by atoms with Gasteiger partial charge in [0.1, 0.15) is 0 Å². The van der Waals surface area contributed by atoms with E-state index >= 15 is 0 Å². The van der Waals surface area contributed by atoms with Gasteiger partial charge in [0.25, 0.3) is 0 Å². The molecule has 2 saturated carbocycles. The first-order chi connectivity index (χ1) is 9.12. The highest BCUT2D eigenvalue weighted by molar-refractivity contribution is 7.91. The summed E-state index contributed by atoms with van der Waals surface area (Å²) in [6, 6.07) is 8.37. The second kappa shape index (κ2) is 3.83. The van der Waals surface area contributed by atoms with Gasteiger partial charge in [-0.1, -0.05) is 18.2 Å². The second-order valence-corrected chi connectivity index (χ2v) is 8.38. The molecule has 3 nitrogen and oxygen atoms in total. The summed E-state index contributed by atoms with van der Waals surface area (Å²) in [5.41, 5.74) is 1.24. The van der Waals surface area contributed by atoms with Gasteiger partial charge in [-0.3, -0.25) is 0 Å². The van der Waals surface area contributed by atoms with Crippen molar-refractivity contribution in [2.24, 2.45) is 5.92 Å². The third kappa shape index (κ3) is 1.84. The smallest absolute Gasteiger partial charge is 0.178 e. The van der Waals surface area contributed by atoms with Gasteiger partial charge < -0.3 is 5.32 Å². The molecule has 1 aliphatic heterocycles. The molecule has 0 aromatic heterocycles. The summed E-state index contributed by atoms with van der Waals surface area (Å²) in [5, 5.41) is 3.59. The lowest BCUT2D eigenvalue weighted by molar-refractivity contribution is 0.509. The maximum absolute atomic E-state index is 12.2.